The SMILES string of the molecule is C=CCS(=O)(=O)C(CC)C(C)(O)c1[nH]c2cc(C(F)(F)F)c(C#N)cc2c1C. The zero-order chi connectivity index (χ0) is 21.5. The van der Waals surface area contributed by atoms with E-state index >= 15 is 0 Å². The van der Waals surface area contributed by atoms with E-state index in [0.717, 1.165) is 12.1 Å². The van der Waals surface area contributed by atoms with Gasteiger partial charge in [-0.05, 0) is 38.0 Å². The Morgan fingerprint density at radius 2 is 2.00 bits per heavy atom. The minimum absolute atomic E-state index is 0.0649. The van der Waals surface area contributed by atoms with Crippen LogP contribution >= 0.6 is 0 Å². The largest absolute Gasteiger partial charge is 0.417 e. The van der Waals surface area contributed by atoms with Gasteiger partial charge < -0.3 is 10.1 Å². The number of sulfone groups is 1. The molecular weight excluding hydrogens is 393 g/mol. The summed E-state index contributed by atoms with van der Waals surface area (Å²) in [5.74, 6) is -0.336. The van der Waals surface area contributed by atoms with Crippen molar-refractivity contribution in [3.05, 3.63) is 47.2 Å². The van der Waals surface area contributed by atoms with E-state index in [1.165, 1.54) is 13.0 Å². The van der Waals surface area contributed by atoms with Gasteiger partial charge >= 0.3 is 6.18 Å². The number of nitrogens with zero attached hydrogens (tertiary/aromatic N) is 1. The molecule has 0 amide bonds. The number of aromatic amines is 1. The van der Waals surface area contributed by atoms with Crippen LogP contribution in [0.4, 0.5) is 13.2 Å². The third-order valence-electron chi connectivity index (χ3n) is 4.91. The zero-order valence-electron chi connectivity index (χ0n) is 15.7. The van der Waals surface area contributed by atoms with Gasteiger partial charge in [-0.2, -0.15) is 18.4 Å². The first-order valence-corrected chi connectivity index (χ1v) is 10.2. The van der Waals surface area contributed by atoms with Gasteiger partial charge in [-0.3, -0.25) is 0 Å². The molecule has 0 saturated carbocycles. The van der Waals surface area contributed by atoms with Crippen LogP contribution in [-0.4, -0.2) is 29.5 Å². The summed E-state index contributed by atoms with van der Waals surface area (Å²) in [4.78, 5) is 2.75. The number of H-pyrrole nitrogens is 1. The highest BCUT2D eigenvalue weighted by atomic mass is 32.2. The second-order valence-electron chi connectivity index (χ2n) is 6.84. The normalized spacial score (nSPS) is 15.8. The van der Waals surface area contributed by atoms with Gasteiger partial charge in [-0.1, -0.05) is 13.0 Å². The van der Waals surface area contributed by atoms with Crippen molar-refractivity contribution in [2.75, 3.05) is 5.75 Å². The number of nitrogens with one attached hydrogen (secondary N) is 1. The van der Waals surface area contributed by atoms with Gasteiger partial charge in [0.1, 0.15) is 5.60 Å². The standard InChI is InChI=1S/C19H21F3N2O3S/c1-5-7-28(26,27)16(6-2)18(4,25)17-11(3)13-8-12(10-23)14(19(20,21)22)9-15(13)24-17/h5,8-9,16,24-25H,1,6-7H2,2-4H3. The van der Waals surface area contributed by atoms with Crippen molar-refractivity contribution in [1.29, 1.82) is 5.26 Å². The van der Waals surface area contributed by atoms with E-state index in [2.05, 4.69) is 11.6 Å². The molecule has 2 aromatic rings. The monoisotopic (exact) mass is 414 g/mol. The van der Waals surface area contributed by atoms with E-state index in [-0.39, 0.29) is 23.4 Å². The number of hydrogen-bond acceptors (Lipinski definition) is 4. The molecule has 9 heteroatoms. The van der Waals surface area contributed by atoms with Crippen molar-refractivity contribution < 1.29 is 26.7 Å². The van der Waals surface area contributed by atoms with Crippen LogP contribution in [0.5, 0.6) is 0 Å². The number of benzene rings is 1. The van der Waals surface area contributed by atoms with Crippen LogP contribution in [0.15, 0.2) is 24.8 Å². The Hall–Kier alpha value is -2.31. The molecule has 0 saturated heterocycles. The number of aliphatic hydroxyl groups is 1. The predicted molar refractivity (Wildman–Crippen MR) is 100 cm³/mol. The van der Waals surface area contributed by atoms with Gasteiger partial charge in [0.15, 0.2) is 9.84 Å². The molecule has 5 nitrogen and oxygen atoms in total. The van der Waals surface area contributed by atoms with Gasteiger partial charge in [0.2, 0.25) is 0 Å². The number of hydrogen-bond donors (Lipinski definition) is 2. The average Bonchev–Trinajstić information content (AvgIpc) is 2.90. The molecule has 0 spiro atoms. The summed E-state index contributed by atoms with van der Waals surface area (Å²) in [7, 11) is -3.75. The average molecular weight is 414 g/mol. The van der Waals surface area contributed by atoms with Crippen LogP contribution in [0.3, 0.4) is 0 Å². The quantitative estimate of drug-likeness (QED) is 0.700. The molecule has 2 unspecified atom stereocenters. The van der Waals surface area contributed by atoms with E-state index in [9.17, 15) is 26.7 Å². The van der Waals surface area contributed by atoms with E-state index in [4.69, 9.17) is 5.26 Å². The highest BCUT2D eigenvalue weighted by molar-refractivity contribution is 7.92. The molecule has 1 aromatic carbocycles. The molecule has 0 bridgehead atoms. The van der Waals surface area contributed by atoms with Gasteiger partial charge in [0.25, 0.3) is 0 Å². The topological polar surface area (TPSA) is 93.9 Å². The van der Waals surface area contributed by atoms with Crippen molar-refractivity contribution in [1.82, 2.24) is 4.98 Å². The molecule has 0 aliphatic carbocycles. The fourth-order valence-corrected chi connectivity index (χ4v) is 5.54. The highest BCUT2D eigenvalue weighted by Crippen LogP contribution is 2.39. The van der Waals surface area contributed by atoms with Crippen molar-refractivity contribution in [2.24, 2.45) is 0 Å². The third-order valence-corrected chi connectivity index (χ3v) is 7.27. The number of halogens is 3. The number of nitriles is 1. The van der Waals surface area contributed by atoms with Gasteiger partial charge in [-0.15, -0.1) is 6.58 Å². The van der Waals surface area contributed by atoms with E-state index < -0.39 is 38.0 Å². The maximum absolute atomic E-state index is 13.2. The summed E-state index contributed by atoms with van der Waals surface area (Å²) in [5, 5.41) is 19.3. The molecule has 28 heavy (non-hydrogen) atoms. The van der Waals surface area contributed by atoms with Crippen LogP contribution in [0.25, 0.3) is 10.9 Å². The number of fused-ring (bicyclic) bond motifs is 1. The Morgan fingerprint density at radius 3 is 2.46 bits per heavy atom. The van der Waals surface area contributed by atoms with Gasteiger partial charge in [-0.25, -0.2) is 8.42 Å². The first kappa shape index (κ1) is 22.0. The molecule has 152 valence electrons. The first-order valence-electron chi connectivity index (χ1n) is 8.50. The zero-order valence-corrected chi connectivity index (χ0v) is 16.5. The molecule has 1 aromatic heterocycles. The maximum Gasteiger partial charge on any atom is 0.417 e. The van der Waals surface area contributed by atoms with Gasteiger partial charge in [0, 0.05) is 10.9 Å². The fraction of sp³-hybridized carbons (Fsp3) is 0.421. The van der Waals surface area contributed by atoms with Crippen LogP contribution in [-0.2, 0) is 21.6 Å². The Morgan fingerprint density at radius 1 is 1.39 bits per heavy atom. The third kappa shape index (κ3) is 3.66. The number of alkyl halides is 3. The van der Waals surface area contributed by atoms with E-state index in [0.29, 0.717) is 10.9 Å². The first-order chi connectivity index (χ1) is 12.8. The number of aromatic nitrogens is 1. The lowest BCUT2D eigenvalue weighted by atomic mass is 9.92. The summed E-state index contributed by atoms with van der Waals surface area (Å²) < 4.78 is 64.8. The lowest BCUT2D eigenvalue weighted by molar-refractivity contribution is -0.137. The fourth-order valence-electron chi connectivity index (χ4n) is 3.65. The lowest BCUT2D eigenvalue weighted by Gasteiger charge is -2.31. The Balaban J connectivity index is 2.75. The smallest absolute Gasteiger partial charge is 0.383 e. The molecule has 0 aliphatic heterocycles. The number of aryl methyl sites for hydroxylation is 1. The van der Waals surface area contributed by atoms with Gasteiger partial charge in [0.05, 0.1) is 33.9 Å². The maximum atomic E-state index is 13.2. The van der Waals surface area contributed by atoms with Crippen LogP contribution in [0.2, 0.25) is 0 Å². The van der Waals surface area contributed by atoms with Crippen molar-refractivity contribution >= 4 is 20.7 Å². The summed E-state index contributed by atoms with van der Waals surface area (Å²) >= 11 is 0. The minimum atomic E-state index is -4.72. The van der Waals surface area contributed by atoms with Crippen LogP contribution < -0.4 is 0 Å². The summed E-state index contributed by atoms with van der Waals surface area (Å²) in [5.41, 5.74) is -2.97. The molecule has 0 aliphatic rings. The van der Waals surface area contributed by atoms with Crippen molar-refractivity contribution in [3.63, 3.8) is 0 Å². The second-order valence-corrected chi connectivity index (χ2v) is 9.07. The molecular formula is C19H21F3N2O3S. The summed E-state index contributed by atoms with van der Waals surface area (Å²) in [6, 6.07) is 3.45. The molecule has 0 fully saturated rings. The molecule has 2 rings (SSSR count). The molecule has 2 atom stereocenters. The Bertz CT molecular complexity index is 1060. The summed E-state index contributed by atoms with van der Waals surface area (Å²) in [6.07, 6.45) is -3.41. The van der Waals surface area contributed by atoms with Crippen molar-refractivity contribution in [2.45, 2.75) is 44.2 Å². The molecule has 1 heterocycles. The van der Waals surface area contributed by atoms with Crippen molar-refractivity contribution in [3.8, 4) is 6.07 Å². The van der Waals surface area contributed by atoms with E-state index in [1.54, 1.807) is 19.9 Å². The highest BCUT2D eigenvalue weighted by Gasteiger charge is 2.43. The van der Waals surface area contributed by atoms with E-state index in [1.807, 2.05) is 0 Å². The van der Waals surface area contributed by atoms with Crippen LogP contribution in [0, 0.1) is 18.3 Å². The minimum Gasteiger partial charge on any atom is -0.383 e. The number of rotatable bonds is 6. The Kier molecular flexibility index (Phi) is 5.70. The molecule has 2 N–H and O–H groups in total. The molecule has 0 radical (unpaired) electrons. The Labute approximate surface area is 161 Å². The summed E-state index contributed by atoms with van der Waals surface area (Å²) in [6.45, 7) is 7.89. The lowest BCUT2D eigenvalue weighted by Crippen LogP contribution is -2.43. The predicted octanol–water partition coefficient (Wildman–Crippen LogP) is 3.95. The second kappa shape index (κ2) is 7.26. The van der Waals surface area contributed by atoms with Crippen LogP contribution in [0.1, 0.15) is 42.7 Å².